The van der Waals surface area contributed by atoms with Gasteiger partial charge in [0.2, 0.25) is 10.0 Å². The van der Waals surface area contributed by atoms with Crippen LogP contribution < -0.4 is 14.9 Å². The van der Waals surface area contributed by atoms with E-state index in [-0.39, 0.29) is 24.4 Å². The lowest BCUT2D eigenvalue weighted by atomic mass is 10.3. The van der Waals surface area contributed by atoms with Crippen LogP contribution in [-0.4, -0.2) is 39.8 Å². The fraction of sp³-hybridized carbons (Fsp3) is 0.462. The molecule has 1 aliphatic rings. The van der Waals surface area contributed by atoms with E-state index in [4.69, 9.17) is 0 Å². The Morgan fingerprint density at radius 1 is 1.30 bits per heavy atom. The summed E-state index contributed by atoms with van der Waals surface area (Å²) in [5.41, 5.74) is 0.606. The van der Waals surface area contributed by atoms with E-state index in [2.05, 4.69) is 10.6 Å². The van der Waals surface area contributed by atoms with Crippen molar-refractivity contribution in [1.29, 1.82) is 0 Å². The highest BCUT2D eigenvalue weighted by Crippen LogP contribution is 2.18. The number of para-hydroxylation sites is 1. The minimum atomic E-state index is -3.43. The highest BCUT2D eigenvalue weighted by Gasteiger charge is 2.23. The normalized spacial score (nSPS) is 14.7. The molecule has 1 saturated carbocycles. The molecule has 7 heteroatoms. The molecule has 1 fully saturated rings. The number of benzene rings is 1. The summed E-state index contributed by atoms with van der Waals surface area (Å²) < 4.78 is 25.4. The molecule has 2 rings (SSSR count). The van der Waals surface area contributed by atoms with Crippen molar-refractivity contribution < 1.29 is 13.2 Å². The highest BCUT2D eigenvalue weighted by atomic mass is 32.2. The largest absolute Gasteiger partial charge is 0.337 e. The van der Waals surface area contributed by atoms with Crippen molar-refractivity contribution in [3.63, 3.8) is 0 Å². The van der Waals surface area contributed by atoms with Crippen LogP contribution in [0.4, 0.5) is 10.5 Å². The van der Waals surface area contributed by atoms with Gasteiger partial charge in [0.25, 0.3) is 0 Å². The van der Waals surface area contributed by atoms with Crippen molar-refractivity contribution in [2.45, 2.75) is 18.9 Å². The average Bonchev–Trinajstić information content (AvgIpc) is 3.22. The van der Waals surface area contributed by atoms with Gasteiger partial charge in [-0.2, -0.15) is 0 Å². The zero-order valence-electron chi connectivity index (χ0n) is 11.4. The third-order valence-corrected chi connectivity index (χ3v) is 4.86. The number of carbonyl (C=O) groups is 1. The molecule has 110 valence electrons. The van der Waals surface area contributed by atoms with Crippen molar-refractivity contribution in [2.75, 3.05) is 23.7 Å². The number of amides is 2. The fourth-order valence-corrected chi connectivity index (χ4v) is 2.77. The third kappa shape index (κ3) is 4.12. The number of nitrogens with zero attached hydrogens (tertiary/aromatic N) is 1. The lowest BCUT2D eigenvalue weighted by molar-refractivity contribution is 0.241. The van der Waals surface area contributed by atoms with E-state index in [1.807, 2.05) is 6.07 Å². The Morgan fingerprint density at radius 2 is 1.95 bits per heavy atom. The van der Waals surface area contributed by atoms with Crippen molar-refractivity contribution in [2.24, 2.45) is 0 Å². The topological polar surface area (TPSA) is 78.5 Å². The second kappa shape index (κ2) is 6.13. The van der Waals surface area contributed by atoms with Crippen molar-refractivity contribution in [1.82, 2.24) is 10.6 Å². The quantitative estimate of drug-likeness (QED) is 0.819. The van der Waals surface area contributed by atoms with Crippen LogP contribution in [0.1, 0.15) is 12.8 Å². The fourth-order valence-electron chi connectivity index (χ4n) is 1.69. The van der Waals surface area contributed by atoms with Gasteiger partial charge in [-0.05, 0) is 25.0 Å². The zero-order valence-corrected chi connectivity index (χ0v) is 12.2. The number of anilines is 1. The molecule has 0 bridgehead atoms. The summed E-state index contributed by atoms with van der Waals surface area (Å²) in [4.78, 5) is 11.4. The lowest BCUT2D eigenvalue weighted by Crippen LogP contribution is -2.41. The van der Waals surface area contributed by atoms with Gasteiger partial charge < -0.3 is 10.6 Å². The molecular formula is C13H19N3O3S. The predicted octanol–water partition coefficient (Wildman–Crippen LogP) is 0.914. The first-order chi connectivity index (χ1) is 9.49. The molecule has 1 aromatic rings. The first kappa shape index (κ1) is 14.6. The number of carbonyl (C=O) groups excluding carboxylic acids is 1. The van der Waals surface area contributed by atoms with Crippen LogP contribution >= 0.6 is 0 Å². The smallest absolute Gasteiger partial charge is 0.315 e. The summed E-state index contributed by atoms with van der Waals surface area (Å²) >= 11 is 0. The van der Waals surface area contributed by atoms with Gasteiger partial charge >= 0.3 is 6.03 Å². The van der Waals surface area contributed by atoms with Crippen molar-refractivity contribution in [3.8, 4) is 0 Å². The monoisotopic (exact) mass is 297 g/mol. The van der Waals surface area contributed by atoms with Gasteiger partial charge in [-0.15, -0.1) is 0 Å². The number of rotatable bonds is 6. The molecular weight excluding hydrogens is 278 g/mol. The van der Waals surface area contributed by atoms with Crippen LogP contribution in [-0.2, 0) is 10.0 Å². The Balaban J connectivity index is 1.82. The van der Waals surface area contributed by atoms with E-state index in [1.54, 1.807) is 24.3 Å². The molecule has 1 aliphatic carbocycles. The molecule has 2 amide bonds. The predicted molar refractivity (Wildman–Crippen MR) is 78.2 cm³/mol. The molecule has 2 N–H and O–H groups in total. The van der Waals surface area contributed by atoms with Crippen molar-refractivity contribution >= 4 is 21.7 Å². The zero-order chi connectivity index (χ0) is 14.6. The highest BCUT2D eigenvalue weighted by molar-refractivity contribution is 7.92. The third-order valence-electron chi connectivity index (χ3n) is 3.10. The SMILES string of the molecule is CN(c1ccccc1)S(=O)(=O)CCNC(=O)NC1CC1. The van der Waals surface area contributed by atoms with Gasteiger partial charge in [-0.1, -0.05) is 18.2 Å². The number of sulfonamides is 1. The Morgan fingerprint density at radius 3 is 2.55 bits per heavy atom. The molecule has 6 nitrogen and oxygen atoms in total. The van der Waals surface area contributed by atoms with E-state index in [0.29, 0.717) is 5.69 Å². The molecule has 0 atom stereocenters. The molecule has 0 unspecified atom stereocenters. The molecule has 0 spiro atoms. The Kier molecular flexibility index (Phi) is 4.49. The maximum Gasteiger partial charge on any atom is 0.315 e. The molecule has 0 heterocycles. The van der Waals surface area contributed by atoms with Crippen LogP contribution in [0.25, 0.3) is 0 Å². The van der Waals surface area contributed by atoms with E-state index < -0.39 is 10.0 Å². The van der Waals surface area contributed by atoms with Gasteiger partial charge in [0.1, 0.15) is 0 Å². The summed E-state index contributed by atoms with van der Waals surface area (Å²) in [6.45, 7) is 0.0953. The number of nitrogens with one attached hydrogen (secondary N) is 2. The molecule has 0 aromatic heterocycles. The summed E-state index contributed by atoms with van der Waals surface area (Å²) in [6, 6.07) is 8.80. The molecule has 0 aliphatic heterocycles. The van der Waals surface area contributed by atoms with Gasteiger partial charge in [-0.3, -0.25) is 4.31 Å². The van der Waals surface area contributed by atoms with Crippen LogP contribution in [0.5, 0.6) is 0 Å². The van der Waals surface area contributed by atoms with Gasteiger partial charge in [0.05, 0.1) is 11.4 Å². The minimum absolute atomic E-state index is 0.0953. The standard InChI is InChI=1S/C13H19N3O3S/c1-16(12-5-3-2-4-6-12)20(18,19)10-9-14-13(17)15-11-7-8-11/h2-6,11H,7-10H2,1H3,(H2,14,15,17). The van der Waals surface area contributed by atoms with Crippen LogP contribution in [0.15, 0.2) is 30.3 Å². The Hall–Kier alpha value is -1.76. The van der Waals surface area contributed by atoms with Crippen molar-refractivity contribution in [3.05, 3.63) is 30.3 Å². The molecule has 0 radical (unpaired) electrons. The Labute approximate surface area is 119 Å². The molecule has 1 aromatic carbocycles. The van der Waals surface area contributed by atoms with Crippen LogP contribution in [0.3, 0.4) is 0 Å². The van der Waals surface area contributed by atoms with Gasteiger partial charge in [0, 0.05) is 19.6 Å². The van der Waals surface area contributed by atoms with E-state index in [0.717, 1.165) is 12.8 Å². The Bertz CT molecular complexity index is 555. The maximum atomic E-state index is 12.1. The van der Waals surface area contributed by atoms with Crippen LogP contribution in [0.2, 0.25) is 0 Å². The second-order valence-corrected chi connectivity index (χ2v) is 6.91. The van der Waals surface area contributed by atoms with Gasteiger partial charge in [0.15, 0.2) is 0 Å². The number of urea groups is 1. The first-order valence-electron chi connectivity index (χ1n) is 6.55. The number of hydrogen-bond acceptors (Lipinski definition) is 3. The maximum absolute atomic E-state index is 12.1. The second-order valence-electron chi connectivity index (χ2n) is 4.79. The van der Waals surface area contributed by atoms with Crippen LogP contribution in [0, 0.1) is 0 Å². The number of hydrogen-bond donors (Lipinski definition) is 2. The first-order valence-corrected chi connectivity index (χ1v) is 8.16. The molecule has 20 heavy (non-hydrogen) atoms. The van der Waals surface area contributed by atoms with E-state index in [1.165, 1.54) is 11.4 Å². The van der Waals surface area contributed by atoms with E-state index >= 15 is 0 Å². The lowest BCUT2D eigenvalue weighted by Gasteiger charge is -2.19. The van der Waals surface area contributed by atoms with Gasteiger partial charge in [-0.25, -0.2) is 13.2 Å². The summed E-state index contributed by atoms with van der Waals surface area (Å²) in [5.74, 6) is -0.128. The molecule has 0 saturated heterocycles. The van der Waals surface area contributed by atoms with E-state index in [9.17, 15) is 13.2 Å². The summed E-state index contributed by atoms with van der Waals surface area (Å²) in [5, 5.41) is 5.30. The summed E-state index contributed by atoms with van der Waals surface area (Å²) in [7, 11) is -1.92. The summed E-state index contributed by atoms with van der Waals surface area (Å²) in [6.07, 6.45) is 2.00. The minimum Gasteiger partial charge on any atom is -0.337 e. The average molecular weight is 297 g/mol.